The molecule has 0 unspecified atom stereocenters. The number of nitrogens with zero attached hydrogens (tertiary/aromatic N) is 4. The molecule has 0 radical (unpaired) electrons. The third-order valence-electron chi connectivity index (χ3n) is 6.11. The van der Waals surface area contributed by atoms with Gasteiger partial charge in [-0.25, -0.2) is 4.98 Å². The molecule has 1 saturated heterocycles. The van der Waals surface area contributed by atoms with E-state index in [4.69, 9.17) is 0 Å². The number of amides is 1. The van der Waals surface area contributed by atoms with Gasteiger partial charge in [0.15, 0.2) is 5.65 Å². The molecule has 1 aliphatic carbocycles. The van der Waals surface area contributed by atoms with Crippen LogP contribution in [0.2, 0.25) is 0 Å². The summed E-state index contributed by atoms with van der Waals surface area (Å²) in [6, 6.07) is 2.39. The Balaban J connectivity index is 1.66. The van der Waals surface area contributed by atoms with E-state index < -0.39 is 0 Å². The van der Waals surface area contributed by atoms with Crippen molar-refractivity contribution in [1.29, 1.82) is 0 Å². The minimum absolute atomic E-state index is 0.149. The van der Waals surface area contributed by atoms with Gasteiger partial charge in [-0.2, -0.15) is 5.10 Å². The van der Waals surface area contributed by atoms with Crippen LogP contribution in [0.3, 0.4) is 0 Å². The molecule has 2 aromatic rings. The number of fused-ring (bicyclic) bond motifs is 2. The van der Waals surface area contributed by atoms with Crippen LogP contribution < -0.4 is 0 Å². The summed E-state index contributed by atoms with van der Waals surface area (Å²) in [7, 11) is 1.89. The highest BCUT2D eigenvalue weighted by Crippen LogP contribution is 2.39. The molecule has 2 aliphatic rings. The lowest BCUT2D eigenvalue weighted by Crippen LogP contribution is -2.52. The van der Waals surface area contributed by atoms with Crippen LogP contribution in [0.25, 0.3) is 11.0 Å². The van der Waals surface area contributed by atoms with E-state index in [1.807, 2.05) is 20.0 Å². The zero-order chi connectivity index (χ0) is 16.8. The topological polar surface area (TPSA) is 51.0 Å². The van der Waals surface area contributed by atoms with Crippen molar-refractivity contribution in [2.75, 3.05) is 6.54 Å². The maximum Gasteiger partial charge on any atom is 0.255 e. The lowest BCUT2D eigenvalue weighted by atomic mass is 9.72. The third kappa shape index (κ3) is 2.41. The lowest BCUT2D eigenvalue weighted by Gasteiger charge is -2.47. The van der Waals surface area contributed by atoms with Crippen molar-refractivity contribution in [2.45, 2.75) is 52.0 Å². The first-order chi connectivity index (χ1) is 11.6. The summed E-state index contributed by atoms with van der Waals surface area (Å²) in [5.41, 5.74) is 2.47. The Labute approximate surface area is 143 Å². The highest BCUT2D eigenvalue weighted by atomic mass is 16.2. The van der Waals surface area contributed by atoms with Crippen molar-refractivity contribution < 1.29 is 4.79 Å². The zero-order valence-corrected chi connectivity index (χ0v) is 14.8. The normalized spacial score (nSPS) is 27.3. The molecule has 1 aliphatic heterocycles. The summed E-state index contributed by atoms with van der Waals surface area (Å²) in [5, 5.41) is 5.39. The first-order valence-corrected chi connectivity index (χ1v) is 9.16. The molecule has 5 heteroatoms. The van der Waals surface area contributed by atoms with Gasteiger partial charge >= 0.3 is 0 Å². The number of hydrogen-bond donors (Lipinski definition) is 0. The Morgan fingerprint density at radius 1 is 1.25 bits per heavy atom. The van der Waals surface area contributed by atoms with E-state index in [1.165, 1.54) is 19.3 Å². The summed E-state index contributed by atoms with van der Waals surface area (Å²) in [5.74, 6) is 1.56. The summed E-state index contributed by atoms with van der Waals surface area (Å²) in [6.07, 6.45) is 7.83. The summed E-state index contributed by atoms with van der Waals surface area (Å²) in [6.45, 7) is 5.21. The van der Waals surface area contributed by atoms with Gasteiger partial charge in [0.25, 0.3) is 5.91 Å². The van der Waals surface area contributed by atoms with Crippen LogP contribution >= 0.6 is 0 Å². The number of aryl methyl sites for hydroxylation is 2. The van der Waals surface area contributed by atoms with Gasteiger partial charge in [-0.05, 0) is 44.1 Å². The van der Waals surface area contributed by atoms with Crippen LogP contribution in [0.4, 0.5) is 0 Å². The predicted molar refractivity (Wildman–Crippen MR) is 93.8 cm³/mol. The Kier molecular flexibility index (Phi) is 3.82. The van der Waals surface area contributed by atoms with E-state index in [1.54, 1.807) is 10.9 Å². The van der Waals surface area contributed by atoms with E-state index in [2.05, 4.69) is 21.9 Å². The molecule has 2 aromatic heterocycles. The van der Waals surface area contributed by atoms with E-state index >= 15 is 0 Å². The van der Waals surface area contributed by atoms with E-state index in [0.29, 0.717) is 17.5 Å². The first kappa shape index (κ1) is 15.6. The molecular formula is C19H26N4O. The minimum Gasteiger partial charge on any atom is -0.335 e. The van der Waals surface area contributed by atoms with Crippen LogP contribution in [0.15, 0.2) is 12.3 Å². The molecule has 4 rings (SSSR count). The number of rotatable bonds is 1. The number of likely N-dealkylation sites (tertiary alicyclic amines) is 1. The zero-order valence-electron chi connectivity index (χ0n) is 14.8. The number of pyridine rings is 1. The van der Waals surface area contributed by atoms with Gasteiger partial charge in [-0.3, -0.25) is 9.48 Å². The predicted octanol–water partition coefficient (Wildman–Crippen LogP) is 3.32. The van der Waals surface area contributed by atoms with Crippen molar-refractivity contribution in [3.8, 4) is 0 Å². The van der Waals surface area contributed by atoms with Gasteiger partial charge < -0.3 is 4.90 Å². The van der Waals surface area contributed by atoms with E-state index in [0.717, 1.165) is 42.0 Å². The maximum absolute atomic E-state index is 13.2. The quantitative estimate of drug-likeness (QED) is 0.808. The molecule has 0 N–H and O–H groups in total. The minimum atomic E-state index is 0.149. The van der Waals surface area contributed by atoms with Crippen molar-refractivity contribution in [3.05, 3.63) is 23.5 Å². The average molecular weight is 326 g/mol. The molecule has 1 amide bonds. The second kappa shape index (κ2) is 5.87. The van der Waals surface area contributed by atoms with E-state index in [9.17, 15) is 4.79 Å². The second-order valence-corrected chi connectivity index (χ2v) is 7.58. The molecular weight excluding hydrogens is 300 g/mol. The molecule has 0 aromatic carbocycles. The fourth-order valence-corrected chi connectivity index (χ4v) is 4.76. The van der Waals surface area contributed by atoms with Crippen molar-refractivity contribution in [3.63, 3.8) is 0 Å². The largest absolute Gasteiger partial charge is 0.335 e. The highest BCUT2D eigenvalue weighted by Gasteiger charge is 2.39. The summed E-state index contributed by atoms with van der Waals surface area (Å²) in [4.78, 5) is 19.8. The standard InChI is InChI=1S/C19H26N4O/c1-12-8-9-23(17-7-5-4-6-15(12)17)19(24)14-10-16-13(2)21-22(3)18(16)20-11-14/h10-12,15,17H,4-9H2,1-3H3/t12-,15-,17-/m0/s1. The number of aromatic nitrogens is 3. The molecule has 0 bridgehead atoms. The van der Waals surface area contributed by atoms with Gasteiger partial charge in [0.05, 0.1) is 11.3 Å². The fraction of sp³-hybridized carbons (Fsp3) is 0.632. The second-order valence-electron chi connectivity index (χ2n) is 7.58. The lowest BCUT2D eigenvalue weighted by molar-refractivity contribution is 0.0217. The molecule has 3 atom stereocenters. The smallest absolute Gasteiger partial charge is 0.255 e. The van der Waals surface area contributed by atoms with Gasteiger partial charge in [0.1, 0.15) is 0 Å². The SMILES string of the molecule is Cc1nn(C)c2ncc(C(=O)N3CC[C@H](C)[C@@H]4CCCC[C@@H]43)cc12. The Morgan fingerprint density at radius 3 is 2.88 bits per heavy atom. The molecule has 5 nitrogen and oxygen atoms in total. The molecule has 2 fully saturated rings. The summed E-state index contributed by atoms with van der Waals surface area (Å²) >= 11 is 0. The number of piperidine rings is 1. The third-order valence-corrected chi connectivity index (χ3v) is 6.11. The first-order valence-electron chi connectivity index (χ1n) is 9.16. The monoisotopic (exact) mass is 326 g/mol. The number of hydrogen-bond acceptors (Lipinski definition) is 3. The molecule has 1 saturated carbocycles. The Bertz CT molecular complexity index is 781. The van der Waals surface area contributed by atoms with Crippen LogP contribution in [-0.2, 0) is 7.05 Å². The fourth-order valence-electron chi connectivity index (χ4n) is 4.76. The van der Waals surface area contributed by atoms with Crippen molar-refractivity contribution in [1.82, 2.24) is 19.7 Å². The van der Waals surface area contributed by atoms with E-state index in [-0.39, 0.29) is 5.91 Å². The Hall–Kier alpha value is -1.91. The van der Waals surface area contributed by atoms with Crippen molar-refractivity contribution >= 4 is 16.9 Å². The average Bonchev–Trinajstić information content (AvgIpc) is 2.89. The van der Waals surface area contributed by atoms with Gasteiger partial charge in [-0.1, -0.05) is 19.8 Å². The maximum atomic E-state index is 13.2. The highest BCUT2D eigenvalue weighted by molar-refractivity contribution is 5.97. The number of carbonyl (C=O) groups excluding carboxylic acids is 1. The molecule has 3 heterocycles. The molecule has 128 valence electrons. The van der Waals surface area contributed by atoms with Crippen LogP contribution in [0, 0.1) is 18.8 Å². The van der Waals surface area contributed by atoms with Crippen LogP contribution in [0.1, 0.15) is 55.1 Å². The van der Waals surface area contributed by atoms with Gasteiger partial charge in [-0.15, -0.1) is 0 Å². The molecule has 0 spiro atoms. The number of carbonyl (C=O) groups is 1. The Morgan fingerprint density at radius 2 is 2.04 bits per heavy atom. The van der Waals surface area contributed by atoms with Crippen LogP contribution in [-0.4, -0.2) is 38.2 Å². The van der Waals surface area contributed by atoms with Gasteiger partial charge in [0, 0.05) is 31.2 Å². The summed E-state index contributed by atoms with van der Waals surface area (Å²) < 4.78 is 1.78. The van der Waals surface area contributed by atoms with Gasteiger partial charge in [0.2, 0.25) is 0 Å². The van der Waals surface area contributed by atoms with Crippen molar-refractivity contribution in [2.24, 2.45) is 18.9 Å². The molecule has 24 heavy (non-hydrogen) atoms. The van der Waals surface area contributed by atoms with Crippen LogP contribution in [0.5, 0.6) is 0 Å².